The Morgan fingerprint density at radius 3 is 2.57 bits per heavy atom. The number of rotatable bonds is 9. The number of nitrogens with one attached hydrogen (secondary N) is 2. The van der Waals surface area contributed by atoms with Crippen LogP contribution in [0.25, 0.3) is 0 Å². The SMILES string of the molecule is CNCCCOc1nc(C(=O)CC(C)c2ccc(C(F)(F)F)cc2)cc(=O)[nH]1. The average molecular weight is 397 g/mol. The first kappa shape index (κ1) is 21.6. The number of hydrogen-bond acceptors (Lipinski definition) is 5. The summed E-state index contributed by atoms with van der Waals surface area (Å²) in [5.41, 5.74) is -0.698. The molecule has 0 spiro atoms. The molecule has 0 aliphatic heterocycles. The van der Waals surface area contributed by atoms with E-state index in [9.17, 15) is 22.8 Å². The third-order valence-corrected chi connectivity index (χ3v) is 4.11. The smallest absolute Gasteiger partial charge is 0.416 e. The predicted molar refractivity (Wildman–Crippen MR) is 97.7 cm³/mol. The number of benzene rings is 1. The van der Waals surface area contributed by atoms with Crippen LogP contribution in [0.3, 0.4) is 0 Å². The van der Waals surface area contributed by atoms with E-state index < -0.39 is 23.1 Å². The zero-order valence-corrected chi connectivity index (χ0v) is 15.6. The molecule has 0 radical (unpaired) electrons. The van der Waals surface area contributed by atoms with Gasteiger partial charge in [-0.15, -0.1) is 0 Å². The zero-order chi connectivity index (χ0) is 20.7. The van der Waals surface area contributed by atoms with Crippen molar-refractivity contribution < 1.29 is 22.7 Å². The third-order valence-electron chi connectivity index (χ3n) is 4.11. The maximum Gasteiger partial charge on any atom is 0.416 e. The van der Waals surface area contributed by atoms with Gasteiger partial charge in [0.1, 0.15) is 5.69 Å². The molecule has 0 saturated heterocycles. The minimum Gasteiger partial charge on any atom is -0.465 e. The number of H-pyrrole nitrogens is 1. The molecule has 1 aromatic heterocycles. The minimum atomic E-state index is -4.41. The molecule has 0 fully saturated rings. The number of ketones is 1. The van der Waals surface area contributed by atoms with Crippen molar-refractivity contribution in [1.82, 2.24) is 15.3 Å². The number of carbonyl (C=O) groups excluding carboxylic acids is 1. The summed E-state index contributed by atoms with van der Waals surface area (Å²) in [6.07, 6.45) is -3.71. The van der Waals surface area contributed by atoms with Gasteiger partial charge in [0.25, 0.3) is 11.6 Å². The Labute approximate surface area is 160 Å². The maximum absolute atomic E-state index is 12.6. The van der Waals surface area contributed by atoms with Crippen LogP contribution in [0.4, 0.5) is 13.2 Å². The van der Waals surface area contributed by atoms with Gasteiger partial charge in [-0.25, -0.2) is 0 Å². The lowest BCUT2D eigenvalue weighted by Crippen LogP contribution is -2.17. The second-order valence-electron chi connectivity index (χ2n) is 6.39. The fourth-order valence-corrected chi connectivity index (χ4v) is 2.57. The highest BCUT2D eigenvalue weighted by Crippen LogP contribution is 2.30. The summed E-state index contributed by atoms with van der Waals surface area (Å²) in [6.45, 7) is 2.78. The number of aromatic nitrogens is 2. The molecule has 0 amide bonds. The standard InChI is InChI=1S/C19H22F3N3O3/c1-12(13-4-6-14(7-5-13)19(20,21)22)10-16(26)15-11-17(27)25-18(24-15)28-9-3-8-23-2/h4-7,11-12,23H,3,8-10H2,1-2H3,(H,24,25,27). The van der Waals surface area contributed by atoms with Crippen molar-refractivity contribution in [3.8, 4) is 6.01 Å². The van der Waals surface area contributed by atoms with Crippen molar-refractivity contribution in [2.45, 2.75) is 31.9 Å². The average Bonchev–Trinajstić information content (AvgIpc) is 2.64. The molecule has 9 heteroatoms. The highest BCUT2D eigenvalue weighted by atomic mass is 19.4. The number of nitrogens with zero attached hydrogens (tertiary/aromatic N) is 1. The molecule has 1 atom stereocenters. The van der Waals surface area contributed by atoms with Crippen LogP contribution in [0, 0.1) is 0 Å². The molecule has 2 rings (SSSR count). The summed E-state index contributed by atoms with van der Waals surface area (Å²) in [7, 11) is 1.80. The third kappa shape index (κ3) is 6.19. The Bertz CT molecular complexity index is 848. The van der Waals surface area contributed by atoms with E-state index in [0.717, 1.165) is 24.7 Å². The van der Waals surface area contributed by atoms with Gasteiger partial charge in [-0.2, -0.15) is 18.2 Å². The zero-order valence-electron chi connectivity index (χ0n) is 15.6. The van der Waals surface area contributed by atoms with Crippen molar-refractivity contribution in [2.24, 2.45) is 0 Å². The Kier molecular flexibility index (Phi) is 7.33. The molecule has 28 heavy (non-hydrogen) atoms. The van der Waals surface area contributed by atoms with Crippen LogP contribution in [-0.4, -0.2) is 36.0 Å². The molecule has 6 nitrogen and oxygen atoms in total. The summed E-state index contributed by atoms with van der Waals surface area (Å²) in [5, 5.41) is 2.95. The van der Waals surface area contributed by atoms with Crippen molar-refractivity contribution in [3.05, 3.63) is 57.5 Å². The molecule has 0 aliphatic rings. The van der Waals surface area contributed by atoms with Gasteiger partial charge in [0, 0.05) is 12.5 Å². The summed E-state index contributed by atoms with van der Waals surface area (Å²) in [5.74, 6) is -0.727. The molecule has 2 N–H and O–H groups in total. The number of ether oxygens (including phenoxy) is 1. The van der Waals surface area contributed by atoms with Gasteiger partial charge < -0.3 is 10.1 Å². The summed E-state index contributed by atoms with van der Waals surface area (Å²) in [6, 6.07) is 5.72. The highest BCUT2D eigenvalue weighted by molar-refractivity contribution is 5.94. The quantitative estimate of drug-likeness (QED) is 0.502. The van der Waals surface area contributed by atoms with Crippen LogP contribution in [-0.2, 0) is 6.18 Å². The van der Waals surface area contributed by atoms with E-state index in [1.807, 2.05) is 0 Å². The maximum atomic E-state index is 12.6. The number of carbonyl (C=O) groups is 1. The molecular weight excluding hydrogens is 375 g/mol. The van der Waals surface area contributed by atoms with Crippen molar-refractivity contribution in [3.63, 3.8) is 0 Å². The van der Waals surface area contributed by atoms with E-state index in [4.69, 9.17) is 4.74 Å². The Morgan fingerprint density at radius 2 is 1.96 bits per heavy atom. The Hall–Kier alpha value is -2.68. The second kappa shape index (κ2) is 9.50. The first-order valence-corrected chi connectivity index (χ1v) is 8.80. The van der Waals surface area contributed by atoms with E-state index in [1.165, 1.54) is 12.1 Å². The number of alkyl halides is 3. The highest BCUT2D eigenvalue weighted by Gasteiger charge is 2.30. The number of aromatic amines is 1. The summed E-state index contributed by atoms with van der Waals surface area (Å²) >= 11 is 0. The topological polar surface area (TPSA) is 84.1 Å². The van der Waals surface area contributed by atoms with Crippen molar-refractivity contribution in [1.29, 1.82) is 0 Å². The van der Waals surface area contributed by atoms with Crippen LogP contribution >= 0.6 is 0 Å². The van der Waals surface area contributed by atoms with Gasteiger partial charge >= 0.3 is 6.18 Å². The van der Waals surface area contributed by atoms with Crippen molar-refractivity contribution in [2.75, 3.05) is 20.2 Å². The lowest BCUT2D eigenvalue weighted by Gasteiger charge is -2.13. The molecule has 152 valence electrons. The first-order chi connectivity index (χ1) is 13.2. The normalized spacial score (nSPS) is 12.6. The van der Waals surface area contributed by atoms with Crippen LogP contribution in [0.1, 0.15) is 47.3 Å². The van der Waals surface area contributed by atoms with Gasteiger partial charge in [-0.05, 0) is 43.6 Å². The number of hydrogen-bond donors (Lipinski definition) is 2. The van der Waals surface area contributed by atoms with E-state index in [2.05, 4.69) is 15.3 Å². The van der Waals surface area contributed by atoms with Gasteiger partial charge in [0.15, 0.2) is 5.78 Å². The largest absolute Gasteiger partial charge is 0.465 e. The van der Waals surface area contributed by atoms with E-state index in [1.54, 1.807) is 14.0 Å². The van der Waals surface area contributed by atoms with E-state index >= 15 is 0 Å². The van der Waals surface area contributed by atoms with Gasteiger partial charge in [0.2, 0.25) is 0 Å². The molecule has 1 aromatic carbocycles. The van der Waals surface area contributed by atoms with E-state index in [0.29, 0.717) is 18.6 Å². The first-order valence-electron chi connectivity index (χ1n) is 8.80. The molecule has 0 aliphatic carbocycles. The lowest BCUT2D eigenvalue weighted by atomic mass is 9.94. The summed E-state index contributed by atoms with van der Waals surface area (Å²) in [4.78, 5) is 30.7. The monoisotopic (exact) mass is 397 g/mol. The predicted octanol–water partition coefficient (Wildman–Crippen LogP) is 3.15. The fourth-order valence-electron chi connectivity index (χ4n) is 2.57. The minimum absolute atomic E-state index is 0.00100. The van der Waals surface area contributed by atoms with Crippen molar-refractivity contribution >= 4 is 5.78 Å². The lowest BCUT2D eigenvalue weighted by molar-refractivity contribution is -0.137. The van der Waals surface area contributed by atoms with Gasteiger partial charge in [0.05, 0.1) is 12.2 Å². The molecule has 1 unspecified atom stereocenters. The number of Topliss-reactive ketones (excluding diaryl/α,β-unsaturated/α-hetero) is 1. The van der Waals surface area contributed by atoms with E-state index in [-0.39, 0.29) is 24.0 Å². The molecular formula is C19H22F3N3O3. The second-order valence-corrected chi connectivity index (χ2v) is 6.39. The van der Waals surface area contributed by atoms with Crippen LogP contribution in [0.5, 0.6) is 6.01 Å². The Morgan fingerprint density at radius 1 is 1.29 bits per heavy atom. The van der Waals surface area contributed by atoms with Gasteiger partial charge in [-0.3, -0.25) is 14.6 Å². The Balaban J connectivity index is 2.05. The molecule has 1 heterocycles. The van der Waals surface area contributed by atoms with Gasteiger partial charge in [-0.1, -0.05) is 19.1 Å². The molecule has 0 bridgehead atoms. The summed E-state index contributed by atoms with van der Waals surface area (Å²) < 4.78 is 43.3. The molecule has 2 aromatic rings. The van der Waals surface area contributed by atoms with Crippen LogP contribution < -0.4 is 15.6 Å². The molecule has 0 saturated carbocycles. The van der Waals surface area contributed by atoms with Crippen LogP contribution in [0.2, 0.25) is 0 Å². The fraction of sp³-hybridized carbons (Fsp3) is 0.421. The number of halogens is 3. The van der Waals surface area contributed by atoms with Crippen LogP contribution in [0.15, 0.2) is 35.1 Å².